The SMILES string of the molecule is O=C([O-])C1C2C=CC3(CN(Cc4ccccc4Cl)C(=O)C13)O2. The number of halogens is 1. The zero-order chi connectivity index (χ0) is 15.5. The average molecular weight is 319 g/mol. The summed E-state index contributed by atoms with van der Waals surface area (Å²) in [7, 11) is 0. The lowest BCUT2D eigenvalue weighted by Crippen LogP contribution is -2.45. The van der Waals surface area contributed by atoms with E-state index >= 15 is 0 Å². The molecule has 3 aliphatic heterocycles. The predicted octanol–water partition coefficient (Wildman–Crippen LogP) is 0.372. The molecule has 4 unspecified atom stereocenters. The van der Waals surface area contributed by atoms with E-state index in [1.807, 2.05) is 24.3 Å². The highest BCUT2D eigenvalue weighted by Gasteiger charge is 2.65. The first kappa shape index (κ1) is 13.8. The zero-order valence-electron chi connectivity index (χ0n) is 11.6. The number of carboxylic acid groups (broad SMARTS) is 1. The highest BCUT2D eigenvalue weighted by Crippen LogP contribution is 2.51. The maximum atomic E-state index is 12.7. The van der Waals surface area contributed by atoms with Gasteiger partial charge in [-0.1, -0.05) is 42.0 Å². The van der Waals surface area contributed by atoms with E-state index in [2.05, 4.69) is 0 Å². The van der Waals surface area contributed by atoms with Crippen LogP contribution in [0.2, 0.25) is 5.02 Å². The molecule has 0 saturated carbocycles. The molecule has 5 nitrogen and oxygen atoms in total. The summed E-state index contributed by atoms with van der Waals surface area (Å²) >= 11 is 6.14. The molecule has 6 heteroatoms. The van der Waals surface area contributed by atoms with E-state index in [1.54, 1.807) is 17.0 Å². The van der Waals surface area contributed by atoms with E-state index in [4.69, 9.17) is 16.3 Å². The monoisotopic (exact) mass is 318 g/mol. The highest BCUT2D eigenvalue weighted by molar-refractivity contribution is 6.31. The normalized spacial score (nSPS) is 35.2. The summed E-state index contributed by atoms with van der Waals surface area (Å²) in [4.78, 5) is 25.7. The molecule has 1 aromatic carbocycles. The maximum Gasteiger partial charge on any atom is 0.230 e. The smallest absolute Gasteiger partial charge is 0.230 e. The van der Waals surface area contributed by atoms with Crippen LogP contribution in [0.15, 0.2) is 36.4 Å². The Hall–Kier alpha value is -1.85. The van der Waals surface area contributed by atoms with Crippen molar-refractivity contribution in [1.82, 2.24) is 4.90 Å². The molecule has 0 aliphatic carbocycles. The Morgan fingerprint density at radius 3 is 2.95 bits per heavy atom. The molecule has 0 aromatic heterocycles. The number of likely N-dealkylation sites (tertiary alicyclic amines) is 1. The number of aliphatic carboxylic acids is 1. The summed E-state index contributed by atoms with van der Waals surface area (Å²) in [6.45, 7) is 0.691. The largest absolute Gasteiger partial charge is 0.550 e. The number of rotatable bonds is 3. The van der Waals surface area contributed by atoms with Crippen molar-refractivity contribution in [2.45, 2.75) is 18.2 Å². The van der Waals surface area contributed by atoms with E-state index in [-0.39, 0.29) is 5.91 Å². The Labute approximate surface area is 132 Å². The fourth-order valence-corrected chi connectivity index (χ4v) is 4.01. The molecule has 3 heterocycles. The van der Waals surface area contributed by atoms with Gasteiger partial charge in [0, 0.05) is 23.5 Å². The van der Waals surface area contributed by atoms with Crippen LogP contribution in [-0.4, -0.2) is 35.0 Å². The molecule has 2 bridgehead atoms. The van der Waals surface area contributed by atoms with Crippen LogP contribution >= 0.6 is 11.6 Å². The summed E-state index contributed by atoms with van der Waals surface area (Å²) in [6, 6.07) is 7.30. The van der Waals surface area contributed by atoms with E-state index in [1.165, 1.54) is 0 Å². The molecular weight excluding hydrogens is 306 g/mol. The van der Waals surface area contributed by atoms with Crippen LogP contribution in [0.1, 0.15) is 5.56 Å². The molecule has 22 heavy (non-hydrogen) atoms. The molecular formula is C16H13ClNO4-. The third kappa shape index (κ3) is 1.76. The summed E-state index contributed by atoms with van der Waals surface area (Å²) in [5.41, 5.74) is 0.00529. The van der Waals surface area contributed by atoms with Crippen molar-refractivity contribution in [1.29, 1.82) is 0 Å². The number of hydrogen-bond acceptors (Lipinski definition) is 4. The summed E-state index contributed by atoms with van der Waals surface area (Å²) < 4.78 is 5.80. The van der Waals surface area contributed by atoms with Gasteiger partial charge in [0.25, 0.3) is 0 Å². The van der Waals surface area contributed by atoms with Crippen molar-refractivity contribution in [3.8, 4) is 0 Å². The van der Waals surface area contributed by atoms with Gasteiger partial charge in [-0.15, -0.1) is 0 Å². The van der Waals surface area contributed by atoms with Crippen LogP contribution in [0.25, 0.3) is 0 Å². The van der Waals surface area contributed by atoms with Gasteiger partial charge in [0.2, 0.25) is 5.91 Å². The number of nitrogens with zero attached hydrogens (tertiary/aromatic N) is 1. The average Bonchev–Trinajstić information content (AvgIpc) is 3.10. The minimum atomic E-state index is -1.23. The summed E-state index contributed by atoms with van der Waals surface area (Å²) in [6.07, 6.45) is 3.00. The number of amides is 1. The number of carboxylic acids is 1. The number of ether oxygens (including phenoxy) is 1. The maximum absolute atomic E-state index is 12.7. The standard InChI is InChI=1S/C16H14ClNO4/c17-10-4-2-1-3-9(10)7-18-8-16-6-5-11(22-16)12(15(20)21)13(16)14(18)19/h1-6,11-13H,7-8H2,(H,20,21)/p-1. The fraction of sp³-hybridized carbons (Fsp3) is 0.375. The molecule has 1 spiro atoms. The number of benzene rings is 1. The second kappa shape index (κ2) is 4.57. The molecule has 4 atom stereocenters. The molecule has 4 rings (SSSR count). The van der Waals surface area contributed by atoms with Crippen molar-refractivity contribution in [2.75, 3.05) is 6.54 Å². The lowest BCUT2D eigenvalue weighted by Gasteiger charge is -2.24. The van der Waals surface area contributed by atoms with Crippen LogP contribution in [0, 0.1) is 11.8 Å². The van der Waals surface area contributed by atoms with Gasteiger partial charge in [-0.25, -0.2) is 0 Å². The van der Waals surface area contributed by atoms with Gasteiger partial charge < -0.3 is 19.5 Å². The molecule has 2 saturated heterocycles. The summed E-state index contributed by atoms with van der Waals surface area (Å²) in [5, 5.41) is 12.0. The van der Waals surface area contributed by atoms with Crippen molar-refractivity contribution >= 4 is 23.5 Å². The molecule has 2 fully saturated rings. The zero-order valence-corrected chi connectivity index (χ0v) is 12.3. The lowest BCUT2D eigenvalue weighted by atomic mass is 9.77. The molecule has 1 aromatic rings. The van der Waals surface area contributed by atoms with Crippen LogP contribution in [0.4, 0.5) is 0 Å². The minimum absolute atomic E-state index is 0.207. The van der Waals surface area contributed by atoms with E-state index < -0.39 is 29.5 Å². The quantitative estimate of drug-likeness (QED) is 0.755. The second-order valence-electron chi connectivity index (χ2n) is 6.00. The van der Waals surface area contributed by atoms with Crippen molar-refractivity contribution in [3.05, 3.63) is 47.0 Å². The first-order chi connectivity index (χ1) is 10.5. The van der Waals surface area contributed by atoms with Gasteiger partial charge in [-0.05, 0) is 11.6 Å². The van der Waals surface area contributed by atoms with E-state index in [9.17, 15) is 14.7 Å². The molecule has 0 radical (unpaired) electrons. The van der Waals surface area contributed by atoms with Crippen molar-refractivity contribution in [2.24, 2.45) is 11.8 Å². The number of hydrogen-bond donors (Lipinski definition) is 0. The van der Waals surface area contributed by atoms with Crippen LogP contribution < -0.4 is 5.11 Å². The van der Waals surface area contributed by atoms with Gasteiger partial charge in [-0.3, -0.25) is 4.79 Å². The minimum Gasteiger partial charge on any atom is -0.550 e. The van der Waals surface area contributed by atoms with Gasteiger partial charge in [0.15, 0.2) is 0 Å². The van der Waals surface area contributed by atoms with Gasteiger partial charge in [0.1, 0.15) is 5.60 Å². The third-order valence-corrected chi connectivity index (χ3v) is 5.14. The van der Waals surface area contributed by atoms with Gasteiger partial charge in [-0.2, -0.15) is 0 Å². The molecule has 1 amide bonds. The Morgan fingerprint density at radius 1 is 1.45 bits per heavy atom. The molecule has 3 aliphatic rings. The summed E-state index contributed by atoms with van der Waals surface area (Å²) in [5.74, 6) is -3.04. The Balaban J connectivity index is 1.64. The Bertz CT molecular complexity index is 703. The number of carbonyl (C=O) groups is 2. The van der Waals surface area contributed by atoms with Crippen LogP contribution in [-0.2, 0) is 20.9 Å². The lowest BCUT2D eigenvalue weighted by molar-refractivity contribution is -0.313. The highest BCUT2D eigenvalue weighted by atomic mass is 35.5. The number of carbonyl (C=O) groups excluding carboxylic acids is 2. The fourth-order valence-electron chi connectivity index (χ4n) is 3.81. The number of fused-ring (bicyclic) bond motifs is 1. The molecule has 0 N–H and O–H groups in total. The first-order valence-corrected chi connectivity index (χ1v) is 7.50. The Morgan fingerprint density at radius 2 is 2.23 bits per heavy atom. The topological polar surface area (TPSA) is 69.7 Å². The van der Waals surface area contributed by atoms with Crippen LogP contribution in [0.3, 0.4) is 0 Å². The van der Waals surface area contributed by atoms with Crippen molar-refractivity contribution < 1.29 is 19.4 Å². The van der Waals surface area contributed by atoms with E-state index in [0.29, 0.717) is 18.1 Å². The molecule has 114 valence electrons. The third-order valence-electron chi connectivity index (χ3n) is 4.77. The van der Waals surface area contributed by atoms with Crippen molar-refractivity contribution in [3.63, 3.8) is 0 Å². The van der Waals surface area contributed by atoms with Gasteiger partial charge in [0.05, 0.1) is 18.6 Å². The predicted molar refractivity (Wildman–Crippen MR) is 75.6 cm³/mol. The van der Waals surface area contributed by atoms with Crippen LogP contribution in [0.5, 0.6) is 0 Å². The van der Waals surface area contributed by atoms with E-state index in [0.717, 1.165) is 5.56 Å². The Kier molecular flexibility index (Phi) is 2.86. The first-order valence-electron chi connectivity index (χ1n) is 7.12. The van der Waals surface area contributed by atoms with Gasteiger partial charge >= 0.3 is 0 Å². The second-order valence-corrected chi connectivity index (χ2v) is 6.41.